The van der Waals surface area contributed by atoms with Crippen molar-refractivity contribution in [3.05, 3.63) is 107 Å². The van der Waals surface area contributed by atoms with E-state index in [1.54, 1.807) is 54.0 Å². The van der Waals surface area contributed by atoms with Gasteiger partial charge in [-0.25, -0.2) is 22.2 Å². The maximum Gasteiger partial charge on any atom is 0.281 e. The van der Waals surface area contributed by atoms with Crippen LogP contribution in [0.15, 0.2) is 84.0 Å². The van der Waals surface area contributed by atoms with Gasteiger partial charge >= 0.3 is 0 Å². The first-order chi connectivity index (χ1) is 17.6. The Balaban J connectivity index is 1.82. The summed E-state index contributed by atoms with van der Waals surface area (Å²) < 4.78 is 52.5. The van der Waals surface area contributed by atoms with E-state index in [1.165, 1.54) is 18.5 Å². The zero-order chi connectivity index (χ0) is 26.7. The van der Waals surface area contributed by atoms with E-state index in [1.807, 2.05) is 18.2 Å². The molecule has 0 amide bonds. The Morgan fingerprint density at radius 3 is 2.43 bits per heavy atom. The lowest BCUT2D eigenvalue weighted by Crippen LogP contribution is -2.15. The molecule has 0 fully saturated rings. The normalized spacial score (nSPS) is 12.2. The number of aryl methyl sites for hydroxylation is 1. The Morgan fingerprint density at radius 1 is 1.11 bits per heavy atom. The molecule has 0 bridgehead atoms. The summed E-state index contributed by atoms with van der Waals surface area (Å²) in [5.74, 6) is 0.387. The molecule has 0 aliphatic rings. The van der Waals surface area contributed by atoms with Gasteiger partial charge in [0.1, 0.15) is 11.5 Å². The zero-order valence-corrected chi connectivity index (χ0v) is 21.7. The number of aromatic nitrogens is 2. The summed E-state index contributed by atoms with van der Waals surface area (Å²) in [6.45, 7) is 2.07. The molecule has 4 aromatic rings. The first kappa shape index (κ1) is 26.4. The average Bonchev–Trinajstić information content (AvgIpc) is 3.27. The number of nitrogens with one attached hydrogen (secondary N) is 1. The second kappa shape index (κ2) is 10.7. The maximum absolute atomic E-state index is 13.4. The van der Waals surface area contributed by atoms with Gasteiger partial charge in [0.2, 0.25) is 0 Å². The molecule has 4 rings (SSSR count). The van der Waals surface area contributed by atoms with Crippen LogP contribution in [0.2, 0.25) is 5.02 Å². The van der Waals surface area contributed by atoms with Crippen LogP contribution >= 0.6 is 11.6 Å². The monoisotopic (exact) mass is 542 g/mol. The van der Waals surface area contributed by atoms with E-state index in [0.29, 0.717) is 39.9 Å². The molecule has 0 aliphatic carbocycles. The summed E-state index contributed by atoms with van der Waals surface area (Å²) in [5, 5.41) is 3.93. The fraction of sp³-hybridized carbons (Fsp3) is 0.148. The highest BCUT2D eigenvalue weighted by atomic mass is 35.5. The Hall–Kier alpha value is -3.69. The van der Waals surface area contributed by atoms with E-state index < -0.39 is 16.3 Å². The third-order valence-electron chi connectivity index (χ3n) is 5.83. The number of nitrogens with two attached hydrogens (primary N) is 1. The number of hydrogen-bond donors (Lipinski definition) is 2. The molecule has 0 unspecified atom stereocenters. The van der Waals surface area contributed by atoms with Crippen molar-refractivity contribution in [1.29, 1.82) is 0 Å². The molecule has 1 heterocycles. The van der Waals surface area contributed by atoms with Crippen molar-refractivity contribution in [3.8, 4) is 16.8 Å². The quantitative estimate of drug-likeness (QED) is 0.290. The Kier molecular flexibility index (Phi) is 7.65. The van der Waals surface area contributed by atoms with Crippen LogP contribution in [0.25, 0.3) is 22.5 Å². The summed E-state index contributed by atoms with van der Waals surface area (Å²) in [4.78, 5) is 4.19. The van der Waals surface area contributed by atoms with Crippen LogP contribution in [0.5, 0.6) is 0 Å². The summed E-state index contributed by atoms with van der Waals surface area (Å²) in [6, 6.07) is 19.4. The largest absolute Gasteiger partial charge is 0.403 e. The summed E-state index contributed by atoms with van der Waals surface area (Å²) in [5.41, 5.74) is 9.83. The van der Waals surface area contributed by atoms with E-state index in [2.05, 4.69) is 10.3 Å². The molecular weight excluding hydrogens is 518 g/mol. The first-order valence-corrected chi connectivity index (χ1v) is 13.5. The molecule has 0 spiro atoms. The van der Waals surface area contributed by atoms with Crippen molar-refractivity contribution in [3.63, 3.8) is 0 Å². The number of alkyl halides is 2. The molecule has 0 atom stereocenters. The standard InChI is InChI=1S/C27H25ClF2N4O2S/c1-17-33-25(27(29)30)16-34(17)26-11-8-20(19-4-3-5-22(12-19)37(2,35)36)13-23(26)24(14-31)32-15-18-6-9-21(28)10-7-18/h3-14,16,27,32H,15,31H2,1-2H3/b24-14-. The molecule has 1 aromatic heterocycles. The smallest absolute Gasteiger partial charge is 0.281 e. The van der Waals surface area contributed by atoms with Gasteiger partial charge in [-0.2, -0.15) is 0 Å². The lowest BCUT2D eigenvalue weighted by molar-refractivity contribution is 0.146. The molecule has 37 heavy (non-hydrogen) atoms. The topological polar surface area (TPSA) is 90.0 Å². The third kappa shape index (κ3) is 6.00. The molecule has 0 radical (unpaired) electrons. The number of nitrogens with zero attached hydrogens (tertiary/aromatic N) is 2. The van der Waals surface area contributed by atoms with E-state index in [9.17, 15) is 17.2 Å². The van der Waals surface area contributed by atoms with Gasteiger partial charge in [-0.05, 0) is 60.0 Å². The highest BCUT2D eigenvalue weighted by Crippen LogP contribution is 2.31. The molecule has 192 valence electrons. The molecule has 0 saturated heterocycles. The van der Waals surface area contributed by atoms with Gasteiger partial charge in [0.15, 0.2) is 9.84 Å². The van der Waals surface area contributed by atoms with Crippen LogP contribution in [-0.2, 0) is 16.4 Å². The molecule has 10 heteroatoms. The van der Waals surface area contributed by atoms with E-state index >= 15 is 0 Å². The SMILES string of the molecule is Cc1nc(C(F)F)cn1-c1ccc(-c2cccc(S(C)(=O)=O)c2)cc1/C(=C/N)NCc1ccc(Cl)cc1. The van der Waals surface area contributed by atoms with E-state index in [-0.39, 0.29) is 10.6 Å². The lowest BCUT2D eigenvalue weighted by Gasteiger charge is -2.18. The van der Waals surface area contributed by atoms with Crippen molar-refractivity contribution in [1.82, 2.24) is 14.9 Å². The maximum atomic E-state index is 13.4. The minimum atomic E-state index is -3.41. The number of hydrogen-bond acceptors (Lipinski definition) is 5. The number of halogens is 3. The number of sulfone groups is 1. The Labute approximate surface area is 219 Å². The van der Waals surface area contributed by atoms with Gasteiger partial charge in [0.05, 0.1) is 16.3 Å². The second-order valence-corrected chi connectivity index (χ2v) is 10.9. The fourth-order valence-electron chi connectivity index (χ4n) is 3.94. The number of rotatable bonds is 8. The van der Waals surface area contributed by atoms with Gasteiger partial charge in [-0.1, -0.05) is 41.9 Å². The molecule has 3 N–H and O–H groups in total. The fourth-order valence-corrected chi connectivity index (χ4v) is 4.73. The second-order valence-electron chi connectivity index (χ2n) is 8.48. The Morgan fingerprint density at radius 2 is 1.81 bits per heavy atom. The van der Waals surface area contributed by atoms with Crippen LogP contribution in [0, 0.1) is 6.92 Å². The molecule has 3 aromatic carbocycles. The highest BCUT2D eigenvalue weighted by Gasteiger charge is 2.18. The predicted molar refractivity (Wildman–Crippen MR) is 142 cm³/mol. The van der Waals surface area contributed by atoms with Gasteiger partial charge in [-0.3, -0.25) is 0 Å². The van der Waals surface area contributed by atoms with Crippen LogP contribution in [0.3, 0.4) is 0 Å². The van der Waals surface area contributed by atoms with Gasteiger partial charge in [0, 0.05) is 35.8 Å². The lowest BCUT2D eigenvalue weighted by atomic mass is 9.99. The van der Waals surface area contributed by atoms with Gasteiger partial charge in [-0.15, -0.1) is 0 Å². The average molecular weight is 543 g/mol. The van der Waals surface area contributed by atoms with Crippen LogP contribution < -0.4 is 11.1 Å². The van der Waals surface area contributed by atoms with Crippen molar-refractivity contribution in [2.45, 2.75) is 24.8 Å². The molecule has 0 saturated carbocycles. The minimum Gasteiger partial charge on any atom is -0.403 e. The molecular formula is C27H25ClF2N4O2S. The third-order valence-corrected chi connectivity index (χ3v) is 7.19. The summed E-state index contributed by atoms with van der Waals surface area (Å²) >= 11 is 5.99. The van der Waals surface area contributed by atoms with Crippen LogP contribution in [0.1, 0.15) is 29.1 Å². The predicted octanol–water partition coefficient (Wildman–Crippen LogP) is 5.89. The summed E-state index contributed by atoms with van der Waals surface area (Å²) in [6.07, 6.45) is 1.15. The van der Waals surface area contributed by atoms with Crippen molar-refractivity contribution >= 4 is 27.1 Å². The number of benzene rings is 3. The first-order valence-electron chi connectivity index (χ1n) is 11.3. The minimum absolute atomic E-state index is 0.193. The molecule has 6 nitrogen and oxygen atoms in total. The summed E-state index contributed by atoms with van der Waals surface area (Å²) in [7, 11) is -3.41. The van der Waals surface area contributed by atoms with E-state index in [0.717, 1.165) is 17.4 Å². The van der Waals surface area contributed by atoms with Crippen LogP contribution in [0.4, 0.5) is 8.78 Å². The van der Waals surface area contributed by atoms with Gasteiger partial charge < -0.3 is 15.6 Å². The van der Waals surface area contributed by atoms with Crippen molar-refractivity contribution in [2.24, 2.45) is 5.73 Å². The van der Waals surface area contributed by atoms with Crippen molar-refractivity contribution in [2.75, 3.05) is 6.26 Å². The number of imidazole rings is 1. The zero-order valence-electron chi connectivity index (χ0n) is 20.1. The van der Waals surface area contributed by atoms with Crippen LogP contribution in [-0.4, -0.2) is 24.2 Å². The van der Waals surface area contributed by atoms with Crippen molar-refractivity contribution < 1.29 is 17.2 Å². The molecule has 0 aliphatic heterocycles. The highest BCUT2D eigenvalue weighted by molar-refractivity contribution is 7.90. The Bertz CT molecular complexity index is 1570. The van der Waals surface area contributed by atoms with Gasteiger partial charge in [0.25, 0.3) is 6.43 Å². The van der Waals surface area contributed by atoms with E-state index in [4.69, 9.17) is 17.3 Å².